The van der Waals surface area contributed by atoms with Crippen molar-refractivity contribution in [3.63, 3.8) is 0 Å². The topological polar surface area (TPSA) is 69.7 Å². The van der Waals surface area contributed by atoms with Gasteiger partial charge >= 0.3 is 0 Å². The molecule has 0 spiro atoms. The third-order valence-corrected chi connectivity index (χ3v) is 7.14. The lowest BCUT2D eigenvalue weighted by Crippen LogP contribution is -2.54. The Morgan fingerprint density at radius 2 is 1.48 bits per heavy atom. The minimum absolute atomic E-state index is 0.305. The molecule has 1 N–H and O–H groups in total. The normalized spacial score (nSPS) is 17.1. The molecule has 0 aromatic heterocycles. The van der Waals surface area contributed by atoms with Crippen molar-refractivity contribution in [1.82, 2.24) is 9.21 Å². The molecular formula is C22H23N3O3S. The molecule has 1 aliphatic heterocycles. The van der Waals surface area contributed by atoms with Crippen LogP contribution in [0.2, 0.25) is 0 Å². The summed E-state index contributed by atoms with van der Waals surface area (Å²) in [5.41, 5.74) is 0.857. The van der Waals surface area contributed by atoms with Gasteiger partial charge in [-0.05, 0) is 35.0 Å². The quantitative estimate of drug-likeness (QED) is 0.634. The van der Waals surface area contributed by atoms with Crippen molar-refractivity contribution in [3.8, 4) is 0 Å². The van der Waals surface area contributed by atoms with Crippen molar-refractivity contribution >= 4 is 32.8 Å². The maximum absolute atomic E-state index is 13.1. The van der Waals surface area contributed by atoms with E-state index in [0.29, 0.717) is 31.1 Å². The van der Waals surface area contributed by atoms with Gasteiger partial charge in [-0.15, -0.1) is 0 Å². The predicted molar refractivity (Wildman–Crippen MR) is 114 cm³/mol. The van der Waals surface area contributed by atoms with Crippen molar-refractivity contribution in [2.45, 2.75) is 11.1 Å². The van der Waals surface area contributed by atoms with Crippen LogP contribution in [0.25, 0.3) is 10.8 Å². The molecule has 29 heavy (non-hydrogen) atoms. The second kappa shape index (κ2) is 8.32. The molecule has 0 saturated carbocycles. The van der Waals surface area contributed by atoms with Crippen LogP contribution >= 0.6 is 0 Å². The van der Waals surface area contributed by atoms with E-state index < -0.39 is 16.2 Å². The average Bonchev–Trinajstić information content (AvgIpc) is 2.78. The molecule has 1 atom stereocenters. The highest BCUT2D eigenvalue weighted by molar-refractivity contribution is 7.89. The van der Waals surface area contributed by atoms with Gasteiger partial charge in [0, 0.05) is 31.9 Å². The van der Waals surface area contributed by atoms with Crippen LogP contribution in [0, 0.1) is 0 Å². The molecule has 7 heteroatoms. The summed E-state index contributed by atoms with van der Waals surface area (Å²) >= 11 is 0. The number of carbonyl (C=O) groups excluding carboxylic acids is 1. The number of anilines is 1. The van der Waals surface area contributed by atoms with Gasteiger partial charge in [0.05, 0.1) is 4.90 Å². The fourth-order valence-electron chi connectivity index (χ4n) is 3.62. The van der Waals surface area contributed by atoms with Gasteiger partial charge in [0.2, 0.25) is 10.0 Å². The Balaban J connectivity index is 1.45. The molecule has 1 fully saturated rings. The number of benzene rings is 3. The van der Waals surface area contributed by atoms with E-state index in [1.54, 1.807) is 12.1 Å². The van der Waals surface area contributed by atoms with Crippen LogP contribution in [-0.4, -0.2) is 56.3 Å². The number of fused-ring (bicyclic) bond motifs is 1. The zero-order valence-electron chi connectivity index (χ0n) is 15.9. The van der Waals surface area contributed by atoms with Gasteiger partial charge in [0.25, 0.3) is 0 Å². The van der Waals surface area contributed by atoms with Crippen LogP contribution in [-0.2, 0) is 14.8 Å². The summed E-state index contributed by atoms with van der Waals surface area (Å²) in [7, 11) is -3.57. The Labute approximate surface area is 170 Å². The molecule has 150 valence electrons. The number of nitrogens with zero attached hydrogens (tertiary/aromatic N) is 2. The van der Waals surface area contributed by atoms with Crippen LogP contribution in [0.5, 0.6) is 0 Å². The molecule has 1 unspecified atom stereocenters. The van der Waals surface area contributed by atoms with Crippen molar-refractivity contribution in [2.24, 2.45) is 0 Å². The van der Waals surface area contributed by atoms with Gasteiger partial charge in [-0.2, -0.15) is 4.31 Å². The molecule has 4 rings (SSSR count). The third-order valence-electron chi connectivity index (χ3n) is 5.24. The fraction of sp³-hybridized carbons (Fsp3) is 0.227. The summed E-state index contributed by atoms with van der Waals surface area (Å²) in [6, 6.07) is 22.4. The van der Waals surface area contributed by atoms with Gasteiger partial charge in [-0.3, -0.25) is 9.69 Å². The van der Waals surface area contributed by atoms with Crippen LogP contribution in [0.1, 0.15) is 0 Å². The summed E-state index contributed by atoms with van der Waals surface area (Å²) in [5, 5.41) is 5.11. The smallest absolute Gasteiger partial charge is 0.243 e. The van der Waals surface area contributed by atoms with Crippen molar-refractivity contribution in [1.29, 1.82) is 0 Å². The van der Waals surface area contributed by atoms with Gasteiger partial charge in [0.15, 0.2) is 6.29 Å². The number of para-hydroxylation sites is 1. The highest BCUT2D eigenvalue weighted by atomic mass is 32.2. The van der Waals surface area contributed by atoms with E-state index >= 15 is 0 Å². The van der Waals surface area contributed by atoms with Gasteiger partial charge in [-0.25, -0.2) is 8.42 Å². The molecule has 0 amide bonds. The zero-order chi connectivity index (χ0) is 20.3. The van der Waals surface area contributed by atoms with E-state index in [1.165, 1.54) is 4.31 Å². The minimum atomic E-state index is -3.57. The highest BCUT2D eigenvalue weighted by Crippen LogP contribution is 2.23. The summed E-state index contributed by atoms with van der Waals surface area (Å²) in [6.45, 7) is 1.65. The second-order valence-corrected chi connectivity index (χ2v) is 8.98. The number of sulfonamides is 1. The molecular weight excluding hydrogens is 386 g/mol. The van der Waals surface area contributed by atoms with Crippen LogP contribution in [0.4, 0.5) is 5.69 Å². The lowest BCUT2D eigenvalue weighted by molar-refractivity contribution is -0.112. The maximum atomic E-state index is 13.1. The summed E-state index contributed by atoms with van der Waals surface area (Å²) in [4.78, 5) is 13.9. The van der Waals surface area contributed by atoms with Crippen LogP contribution in [0.3, 0.4) is 0 Å². The first-order chi connectivity index (χ1) is 14.1. The molecule has 1 saturated heterocycles. The summed E-state index contributed by atoms with van der Waals surface area (Å²) in [5.74, 6) is 0. The standard InChI is InChI=1S/C22H23N3O3S/c26-17-22(23-20-8-2-1-3-9-20)24-12-14-25(15-13-24)29(27,28)21-11-10-18-6-4-5-7-19(18)16-21/h1-11,16-17,22-23H,12-15H2. The Kier molecular flexibility index (Phi) is 5.62. The Bertz CT molecular complexity index is 1090. The van der Waals surface area contributed by atoms with E-state index in [9.17, 15) is 13.2 Å². The maximum Gasteiger partial charge on any atom is 0.243 e. The van der Waals surface area contributed by atoms with Crippen LogP contribution in [0.15, 0.2) is 77.7 Å². The molecule has 0 bridgehead atoms. The average molecular weight is 410 g/mol. The molecule has 3 aromatic carbocycles. The number of hydrogen-bond acceptors (Lipinski definition) is 5. The lowest BCUT2D eigenvalue weighted by Gasteiger charge is -2.37. The largest absolute Gasteiger partial charge is 0.364 e. The Morgan fingerprint density at radius 3 is 2.17 bits per heavy atom. The SMILES string of the molecule is O=CC(Nc1ccccc1)N1CCN(S(=O)(=O)c2ccc3ccccc3c2)CC1. The molecule has 1 heterocycles. The van der Waals surface area contributed by atoms with Gasteiger partial charge in [-0.1, -0.05) is 48.5 Å². The van der Waals surface area contributed by atoms with Crippen molar-refractivity contribution in [3.05, 3.63) is 72.8 Å². The van der Waals surface area contributed by atoms with Crippen molar-refractivity contribution in [2.75, 3.05) is 31.5 Å². The number of rotatable bonds is 6. The monoisotopic (exact) mass is 409 g/mol. The number of nitrogens with one attached hydrogen (secondary N) is 1. The Morgan fingerprint density at radius 1 is 0.828 bits per heavy atom. The first-order valence-electron chi connectivity index (χ1n) is 9.58. The molecule has 3 aromatic rings. The summed E-state index contributed by atoms with van der Waals surface area (Å²) < 4.78 is 27.7. The minimum Gasteiger partial charge on any atom is -0.364 e. The first kappa shape index (κ1) is 19.6. The second-order valence-electron chi connectivity index (χ2n) is 7.04. The fourth-order valence-corrected chi connectivity index (χ4v) is 5.07. The van der Waals surface area contributed by atoms with Crippen molar-refractivity contribution < 1.29 is 13.2 Å². The van der Waals surface area contributed by atoms with E-state index in [0.717, 1.165) is 22.7 Å². The van der Waals surface area contributed by atoms with Gasteiger partial charge < -0.3 is 5.32 Å². The highest BCUT2D eigenvalue weighted by Gasteiger charge is 2.31. The first-order valence-corrected chi connectivity index (χ1v) is 11.0. The number of piperazine rings is 1. The van der Waals surface area contributed by atoms with E-state index in [1.807, 2.05) is 65.6 Å². The number of carbonyl (C=O) groups is 1. The molecule has 0 aliphatic carbocycles. The molecule has 6 nitrogen and oxygen atoms in total. The Hall–Kier alpha value is -2.74. The van der Waals surface area contributed by atoms with E-state index in [-0.39, 0.29) is 0 Å². The van der Waals surface area contributed by atoms with Crippen LogP contribution < -0.4 is 5.32 Å². The number of hydrogen-bond donors (Lipinski definition) is 1. The number of aldehydes is 1. The summed E-state index contributed by atoms with van der Waals surface area (Å²) in [6.07, 6.45) is 0.378. The predicted octanol–water partition coefficient (Wildman–Crippen LogP) is 2.78. The molecule has 0 radical (unpaired) electrons. The lowest BCUT2D eigenvalue weighted by atomic mass is 10.1. The van der Waals surface area contributed by atoms with E-state index in [2.05, 4.69) is 5.32 Å². The van der Waals surface area contributed by atoms with Gasteiger partial charge in [0.1, 0.15) is 6.17 Å². The van der Waals surface area contributed by atoms with E-state index in [4.69, 9.17) is 0 Å². The molecule has 1 aliphatic rings. The zero-order valence-corrected chi connectivity index (χ0v) is 16.8. The third kappa shape index (κ3) is 4.17.